The average molecular weight is 691 g/mol. The second-order valence-electron chi connectivity index (χ2n) is 11.9. The van der Waals surface area contributed by atoms with Crippen LogP contribution in [-0.2, 0) is 16.0 Å². The molecule has 6 rings (SSSR count). The van der Waals surface area contributed by atoms with Gasteiger partial charge in [-0.1, -0.05) is 30.7 Å². The highest BCUT2D eigenvalue weighted by Gasteiger charge is 2.61. The molecular weight excluding hydrogens is 656 g/mol. The number of aromatic amines is 1. The molecule has 1 aromatic heterocycles. The highest BCUT2D eigenvalue weighted by molar-refractivity contribution is 7.98. The van der Waals surface area contributed by atoms with E-state index in [4.69, 9.17) is 25.8 Å². The number of amides is 1. The van der Waals surface area contributed by atoms with Crippen molar-refractivity contribution in [1.29, 1.82) is 0 Å². The number of aliphatic hydroxyl groups excluding tert-OH is 1. The molecule has 3 unspecified atom stereocenters. The normalized spacial score (nSPS) is 19.4. The molecule has 4 N–H and O–H groups in total. The van der Waals surface area contributed by atoms with E-state index in [1.807, 2.05) is 36.7 Å². The summed E-state index contributed by atoms with van der Waals surface area (Å²) in [4.78, 5) is 45.8. The molecule has 0 saturated carbocycles. The van der Waals surface area contributed by atoms with Crippen LogP contribution >= 0.6 is 23.4 Å². The minimum atomic E-state index is -1.97. The van der Waals surface area contributed by atoms with Gasteiger partial charge >= 0.3 is 0 Å². The number of hydrogen-bond acceptors (Lipinski definition) is 9. The Morgan fingerprint density at radius 1 is 1.12 bits per heavy atom. The number of nitrogens with one attached hydrogen (secondary N) is 2. The number of hydrogen-bond donors (Lipinski definition) is 4. The maximum Gasteiger partial charge on any atom is 0.231 e. The van der Waals surface area contributed by atoms with Crippen molar-refractivity contribution >= 4 is 51.7 Å². The number of aliphatic hydroxyl groups is 1. The predicted octanol–water partition coefficient (Wildman–Crippen LogP) is 6.53. The van der Waals surface area contributed by atoms with Gasteiger partial charge < -0.3 is 34.7 Å². The van der Waals surface area contributed by atoms with Crippen LogP contribution in [-0.4, -0.2) is 65.3 Å². The number of ether oxygens (including phenoxy) is 3. The first kappa shape index (κ1) is 33.3. The monoisotopic (exact) mass is 690 g/mol. The molecule has 0 radical (unpaired) electrons. The quantitative estimate of drug-likeness (QED) is 0.136. The molecule has 12 heteroatoms. The van der Waals surface area contributed by atoms with Gasteiger partial charge in [-0.25, -0.2) is 0 Å². The number of aromatic nitrogens is 1. The van der Waals surface area contributed by atoms with Gasteiger partial charge in [0.05, 0.1) is 14.2 Å². The Morgan fingerprint density at radius 3 is 2.54 bits per heavy atom. The van der Waals surface area contributed by atoms with Crippen molar-refractivity contribution in [3.63, 3.8) is 0 Å². The number of H-pyrrole nitrogens is 1. The number of ketones is 2. The fourth-order valence-electron chi connectivity index (χ4n) is 6.73. The first-order valence-corrected chi connectivity index (χ1v) is 17.0. The second kappa shape index (κ2) is 13.1. The third-order valence-electron chi connectivity index (χ3n) is 9.24. The van der Waals surface area contributed by atoms with Gasteiger partial charge in [0.1, 0.15) is 27.8 Å². The number of carbonyl (C=O) groups is 3. The lowest BCUT2D eigenvalue weighted by Crippen LogP contribution is -2.53. The lowest BCUT2D eigenvalue weighted by molar-refractivity contribution is -0.121. The van der Waals surface area contributed by atoms with E-state index in [2.05, 4.69) is 10.3 Å². The average Bonchev–Trinajstić information content (AvgIpc) is 3.62. The van der Waals surface area contributed by atoms with Gasteiger partial charge in [0, 0.05) is 64.9 Å². The molecule has 48 heavy (non-hydrogen) atoms. The molecular formula is C36H35ClN2O8S. The summed E-state index contributed by atoms with van der Waals surface area (Å²) in [6.45, 7) is 1.95. The molecule has 0 saturated heterocycles. The number of benzene rings is 3. The van der Waals surface area contributed by atoms with Crippen LogP contribution in [0.25, 0.3) is 10.9 Å². The Morgan fingerprint density at radius 2 is 1.85 bits per heavy atom. The number of rotatable bonds is 10. The number of aromatic hydroxyl groups is 1. The van der Waals surface area contributed by atoms with Crippen molar-refractivity contribution in [2.45, 2.75) is 42.6 Å². The SMILES string of the molecule is COc1cc(OC)c2c(c1Cl)OC1(C2=O)C(O)=C(C(CC(=O)NCCc2c[nH]c3ccc(O)cc23)c2ccc(SC)cc2)C(=O)CC1C. The summed E-state index contributed by atoms with van der Waals surface area (Å²) in [5, 5.41) is 25.9. The predicted molar refractivity (Wildman–Crippen MR) is 183 cm³/mol. The molecule has 1 aliphatic heterocycles. The number of methoxy groups -OCH3 is 2. The summed E-state index contributed by atoms with van der Waals surface area (Å²) < 4.78 is 17.2. The van der Waals surface area contributed by atoms with Gasteiger partial charge in [0.2, 0.25) is 17.3 Å². The lowest BCUT2D eigenvalue weighted by Gasteiger charge is -2.38. The zero-order chi connectivity index (χ0) is 34.3. The van der Waals surface area contributed by atoms with Crippen LogP contribution in [0.3, 0.4) is 0 Å². The van der Waals surface area contributed by atoms with Gasteiger partial charge in [-0.2, -0.15) is 0 Å². The number of phenols is 1. The third kappa shape index (κ3) is 5.54. The summed E-state index contributed by atoms with van der Waals surface area (Å²) in [5.74, 6) is -3.04. The number of Topliss-reactive ketones (excluding diaryl/α,β-unsaturated/α-hetero) is 2. The maximum atomic E-state index is 14.3. The highest BCUT2D eigenvalue weighted by Crippen LogP contribution is 2.55. The molecule has 4 aromatic rings. The number of phenolic OH excluding ortho intramolecular Hbond substituents is 1. The Bertz CT molecular complexity index is 1970. The van der Waals surface area contributed by atoms with Gasteiger partial charge in [-0.05, 0) is 54.1 Å². The van der Waals surface area contributed by atoms with Gasteiger partial charge in [-0.15, -0.1) is 11.8 Å². The van der Waals surface area contributed by atoms with Crippen molar-refractivity contribution < 1.29 is 38.8 Å². The third-order valence-corrected chi connectivity index (χ3v) is 10.3. The van der Waals surface area contributed by atoms with Crippen molar-refractivity contribution in [2.75, 3.05) is 27.0 Å². The van der Waals surface area contributed by atoms with Crippen molar-refractivity contribution in [3.8, 4) is 23.0 Å². The van der Waals surface area contributed by atoms with Crippen LogP contribution in [0.15, 0.2) is 71.0 Å². The Labute approximate surface area is 286 Å². The summed E-state index contributed by atoms with van der Waals surface area (Å²) >= 11 is 8.14. The molecule has 2 aliphatic rings. The molecule has 3 atom stereocenters. The van der Waals surface area contributed by atoms with E-state index in [9.17, 15) is 24.6 Å². The summed E-state index contributed by atoms with van der Waals surface area (Å²) in [7, 11) is 2.81. The lowest BCUT2D eigenvalue weighted by atomic mass is 9.69. The highest BCUT2D eigenvalue weighted by atomic mass is 35.5. The number of fused-ring (bicyclic) bond motifs is 2. The molecule has 3 aromatic carbocycles. The molecule has 1 amide bonds. The van der Waals surface area contributed by atoms with E-state index in [0.717, 1.165) is 21.4 Å². The Kier molecular flexibility index (Phi) is 9.10. The number of allylic oxidation sites excluding steroid dienone is 1. The fraction of sp³-hybridized carbons (Fsp3) is 0.306. The van der Waals surface area contributed by atoms with Gasteiger partial charge in [-0.3, -0.25) is 14.4 Å². The second-order valence-corrected chi connectivity index (χ2v) is 13.2. The molecule has 1 aliphatic carbocycles. The van der Waals surface area contributed by atoms with Crippen LogP contribution in [0.4, 0.5) is 0 Å². The van der Waals surface area contributed by atoms with Gasteiger partial charge in [0.25, 0.3) is 0 Å². The fourth-order valence-corrected chi connectivity index (χ4v) is 7.40. The van der Waals surface area contributed by atoms with Gasteiger partial charge in [0.15, 0.2) is 17.3 Å². The Hall–Kier alpha value is -4.61. The van der Waals surface area contributed by atoms with E-state index in [1.165, 1.54) is 20.3 Å². The summed E-state index contributed by atoms with van der Waals surface area (Å²) in [6.07, 6.45) is 3.97. The molecule has 2 heterocycles. The van der Waals surface area contributed by atoms with Crippen molar-refractivity contribution in [1.82, 2.24) is 10.3 Å². The van der Waals surface area contributed by atoms with Crippen LogP contribution in [0.1, 0.15) is 47.2 Å². The van der Waals surface area contributed by atoms with E-state index in [0.29, 0.717) is 12.0 Å². The number of thioether (sulfide) groups is 1. The van der Waals surface area contributed by atoms with Crippen LogP contribution < -0.4 is 19.5 Å². The first-order valence-electron chi connectivity index (χ1n) is 15.4. The number of carbonyl (C=O) groups excluding carboxylic acids is 3. The van der Waals surface area contributed by atoms with Crippen LogP contribution in [0.2, 0.25) is 5.02 Å². The number of halogens is 1. The van der Waals surface area contributed by atoms with Crippen LogP contribution in [0.5, 0.6) is 23.0 Å². The molecule has 10 nitrogen and oxygen atoms in total. The zero-order valence-electron chi connectivity index (χ0n) is 26.8. The maximum absolute atomic E-state index is 14.3. The molecule has 1 spiro atoms. The zero-order valence-corrected chi connectivity index (χ0v) is 28.4. The minimum absolute atomic E-state index is 0.00539. The van der Waals surface area contributed by atoms with Crippen molar-refractivity contribution in [3.05, 3.63) is 87.8 Å². The van der Waals surface area contributed by atoms with E-state index in [1.54, 1.807) is 36.9 Å². The molecule has 0 bridgehead atoms. The smallest absolute Gasteiger partial charge is 0.231 e. The largest absolute Gasteiger partial charge is 0.508 e. The van der Waals surface area contributed by atoms with E-state index < -0.39 is 29.0 Å². The topological polar surface area (TPSA) is 147 Å². The molecule has 250 valence electrons. The van der Waals surface area contributed by atoms with Crippen LogP contribution in [0, 0.1) is 5.92 Å². The first-order chi connectivity index (χ1) is 23.0. The Balaban J connectivity index is 1.36. The summed E-state index contributed by atoms with van der Waals surface area (Å²) in [6, 6.07) is 13.9. The van der Waals surface area contributed by atoms with Crippen molar-refractivity contribution in [2.24, 2.45) is 5.92 Å². The molecule has 0 fully saturated rings. The van der Waals surface area contributed by atoms with E-state index >= 15 is 0 Å². The summed E-state index contributed by atoms with van der Waals surface area (Å²) in [5.41, 5.74) is 0.424. The minimum Gasteiger partial charge on any atom is -0.508 e. The standard InChI is InChI=1S/C36H35ClN2O8S/c1-18-13-26(41)30(34(43)36(18)35(44)31-27(45-2)16-28(46-3)32(37)33(31)47-36)24(19-5-8-22(48-4)9-6-19)15-29(42)38-12-11-20-17-39-25-10-7-21(40)14-23(20)25/h5-10,14,16-18,24,39-40,43H,11-13,15H2,1-4H3,(H,38,42). The van der Waals surface area contributed by atoms with E-state index in [-0.39, 0.29) is 70.2 Å².